The summed E-state index contributed by atoms with van der Waals surface area (Å²) in [5.41, 5.74) is 1.17. The van der Waals surface area contributed by atoms with Crippen LogP contribution in [0.15, 0.2) is 6.07 Å². The van der Waals surface area contributed by atoms with Gasteiger partial charge in [-0.3, -0.25) is 9.59 Å². The van der Waals surface area contributed by atoms with Crippen LogP contribution in [0.2, 0.25) is 0 Å². The van der Waals surface area contributed by atoms with Crippen molar-refractivity contribution < 1.29 is 14.3 Å². The number of piperazine rings is 1. The SMILES string of the molecule is Cl.O=C(c1cc2c(s1)CCOC2)N1CCCC(N2CCNCC2=O)C1. The van der Waals surface area contributed by atoms with Gasteiger partial charge in [0, 0.05) is 43.5 Å². The summed E-state index contributed by atoms with van der Waals surface area (Å²) in [6, 6.07) is 2.16. The van der Waals surface area contributed by atoms with Gasteiger partial charge in [0.15, 0.2) is 0 Å². The monoisotopic (exact) mass is 385 g/mol. The third kappa shape index (κ3) is 3.84. The van der Waals surface area contributed by atoms with Crippen LogP contribution in [0, 0.1) is 0 Å². The van der Waals surface area contributed by atoms with Crippen LogP contribution in [0.5, 0.6) is 0 Å². The van der Waals surface area contributed by atoms with Crippen molar-refractivity contribution in [2.75, 3.05) is 39.3 Å². The Morgan fingerprint density at radius 3 is 3.04 bits per heavy atom. The van der Waals surface area contributed by atoms with E-state index in [1.165, 1.54) is 10.4 Å². The molecule has 6 nitrogen and oxygen atoms in total. The topological polar surface area (TPSA) is 61.9 Å². The lowest BCUT2D eigenvalue weighted by Crippen LogP contribution is -2.57. The van der Waals surface area contributed by atoms with Crippen LogP contribution >= 0.6 is 23.7 Å². The van der Waals surface area contributed by atoms with Crippen LogP contribution in [-0.2, 0) is 22.6 Å². The fourth-order valence-electron chi connectivity index (χ4n) is 3.81. The second-order valence-electron chi connectivity index (χ2n) is 6.67. The maximum absolute atomic E-state index is 12.9. The highest BCUT2D eigenvalue weighted by Crippen LogP contribution is 2.29. The number of nitrogens with zero attached hydrogens (tertiary/aromatic N) is 2. The summed E-state index contributed by atoms with van der Waals surface area (Å²) in [6.45, 7) is 4.82. The van der Waals surface area contributed by atoms with Crippen molar-refractivity contribution >= 4 is 35.6 Å². The molecule has 138 valence electrons. The molecule has 1 unspecified atom stereocenters. The maximum atomic E-state index is 12.9. The summed E-state index contributed by atoms with van der Waals surface area (Å²) in [6.07, 6.45) is 2.86. The summed E-state index contributed by atoms with van der Waals surface area (Å²) >= 11 is 1.61. The molecule has 2 amide bonds. The smallest absolute Gasteiger partial charge is 0.264 e. The molecule has 1 aromatic heterocycles. The van der Waals surface area contributed by atoms with Crippen LogP contribution < -0.4 is 5.32 Å². The lowest BCUT2D eigenvalue weighted by atomic mass is 10.0. The van der Waals surface area contributed by atoms with Gasteiger partial charge in [-0.25, -0.2) is 0 Å². The Kier molecular flexibility index (Phi) is 5.99. The second kappa shape index (κ2) is 8.03. The van der Waals surface area contributed by atoms with E-state index in [-0.39, 0.29) is 30.3 Å². The molecule has 4 heterocycles. The fraction of sp³-hybridized carbons (Fsp3) is 0.647. The minimum Gasteiger partial charge on any atom is -0.376 e. The fourth-order valence-corrected chi connectivity index (χ4v) is 4.93. The van der Waals surface area contributed by atoms with Crippen molar-refractivity contribution in [1.82, 2.24) is 15.1 Å². The lowest BCUT2D eigenvalue weighted by Gasteiger charge is -2.41. The van der Waals surface area contributed by atoms with Crippen LogP contribution in [0.4, 0.5) is 0 Å². The molecular weight excluding hydrogens is 362 g/mol. The van der Waals surface area contributed by atoms with Crippen molar-refractivity contribution in [3.63, 3.8) is 0 Å². The summed E-state index contributed by atoms with van der Waals surface area (Å²) < 4.78 is 5.47. The molecule has 0 spiro atoms. The van der Waals surface area contributed by atoms with Crippen LogP contribution in [-0.4, -0.2) is 67.0 Å². The van der Waals surface area contributed by atoms with Gasteiger partial charge in [0.05, 0.1) is 24.6 Å². The van der Waals surface area contributed by atoms with Gasteiger partial charge in [-0.2, -0.15) is 0 Å². The van der Waals surface area contributed by atoms with Crippen LogP contribution in [0.3, 0.4) is 0 Å². The second-order valence-corrected chi connectivity index (χ2v) is 7.81. The predicted molar refractivity (Wildman–Crippen MR) is 98.4 cm³/mol. The Morgan fingerprint density at radius 2 is 2.24 bits per heavy atom. The average molecular weight is 386 g/mol. The van der Waals surface area contributed by atoms with Gasteiger partial charge in [-0.05, 0) is 24.5 Å². The third-order valence-electron chi connectivity index (χ3n) is 5.09. The van der Waals surface area contributed by atoms with E-state index in [0.717, 1.165) is 50.4 Å². The van der Waals surface area contributed by atoms with Gasteiger partial charge in [-0.15, -0.1) is 23.7 Å². The number of carbonyl (C=O) groups excluding carboxylic acids is 2. The van der Waals surface area contributed by atoms with E-state index in [1.807, 2.05) is 15.9 Å². The Labute approximate surface area is 157 Å². The summed E-state index contributed by atoms with van der Waals surface area (Å²) in [5.74, 6) is 0.269. The first-order valence-electron chi connectivity index (χ1n) is 8.71. The molecule has 0 bridgehead atoms. The number of fused-ring (bicyclic) bond motifs is 1. The normalized spacial score (nSPS) is 23.8. The van der Waals surface area contributed by atoms with E-state index < -0.39 is 0 Å². The molecule has 8 heteroatoms. The van der Waals surface area contributed by atoms with Crippen LogP contribution in [0.1, 0.15) is 33.0 Å². The highest BCUT2D eigenvalue weighted by atomic mass is 35.5. The Balaban J connectivity index is 0.00000182. The molecule has 1 atom stereocenters. The van der Waals surface area contributed by atoms with Gasteiger partial charge in [-0.1, -0.05) is 0 Å². The van der Waals surface area contributed by atoms with E-state index in [9.17, 15) is 9.59 Å². The zero-order valence-corrected chi connectivity index (χ0v) is 15.8. The number of rotatable bonds is 2. The number of ether oxygens (including phenoxy) is 1. The molecule has 4 rings (SSSR count). The van der Waals surface area contributed by atoms with Gasteiger partial charge < -0.3 is 19.9 Å². The zero-order valence-electron chi connectivity index (χ0n) is 14.2. The summed E-state index contributed by atoms with van der Waals surface area (Å²) in [4.78, 5) is 31.0. The molecule has 0 aromatic carbocycles. The largest absolute Gasteiger partial charge is 0.376 e. The molecule has 25 heavy (non-hydrogen) atoms. The molecular formula is C17H24ClN3O3S. The number of hydrogen-bond donors (Lipinski definition) is 1. The van der Waals surface area contributed by atoms with Crippen molar-refractivity contribution in [2.24, 2.45) is 0 Å². The molecule has 3 aliphatic rings. The van der Waals surface area contributed by atoms with E-state index in [2.05, 4.69) is 5.32 Å². The molecule has 0 saturated carbocycles. The number of amides is 2. The van der Waals surface area contributed by atoms with Gasteiger partial charge >= 0.3 is 0 Å². The average Bonchev–Trinajstić information content (AvgIpc) is 3.06. The molecule has 0 aliphatic carbocycles. The van der Waals surface area contributed by atoms with E-state index >= 15 is 0 Å². The van der Waals surface area contributed by atoms with Crippen molar-refractivity contribution in [2.45, 2.75) is 31.9 Å². The van der Waals surface area contributed by atoms with E-state index in [0.29, 0.717) is 19.7 Å². The van der Waals surface area contributed by atoms with Crippen molar-refractivity contribution in [3.8, 4) is 0 Å². The lowest BCUT2D eigenvalue weighted by molar-refractivity contribution is -0.135. The molecule has 1 aromatic rings. The molecule has 2 fully saturated rings. The Bertz CT molecular complexity index is 628. The number of piperidine rings is 1. The first-order chi connectivity index (χ1) is 11.7. The van der Waals surface area contributed by atoms with E-state index in [4.69, 9.17) is 4.74 Å². The maximum Gasteiger partial charge on any atom is 0.264 e. The van der Waals surface area contributed by atoms with Gasteiger partial charge in [0.2, 0.25) is 5.91 Å². The number of hydrogen-bond acceptors (Lipinski definition) is 5. The highest BCUT2D eigenvalue weighted by Gasteiger charge is 2.32. The van der Waals surface area contributed by atoms with Crippen molar-refractivity contribution in [3.05, 3.63) is 21.4 Å². The Hall–Kier alpha value is -1.15. The third-order valence-corrected chi connectivity index (χ3v) is 6.31. The summed E-state index contributed by atoms with van der Waals surface area (Å²) in [7, 11) is 0. The predicted octanol–water partition coefficient (Wildman–Crippen LogP) is 1.28. The van der Waals surface area contributed by atoms with E-state index in [1.54, 1.807) is 11.3 Å². The minimum atomic E-state index is 0. The highest BCUT2D eigenvalue weighted by molar-refractivity contribution is 7.14. The van der Waals surface area contributed by atoms with Gasteiger partial charge in [0.1, 0.15) is 0 Å². The number of carbonyl (C=O) groups is 2. The first kappa shape index (κ1) is 18.6. The standard InChI is InChI=1S/C17H23N3O3S.ClH/c21-16-9-18-4-6-20(16)13-2-1-5-19(10-13)17(22)15-8-12-11-23-7-3-14(12)24-15;/h8,13,18H,1-7,9-11H2;1H. The minimum absolute atomic E-state index is 0. The Morgan fingerprint density at radius 1 is 1.36 bits per heavy atom. The van der Waals surface area contributed by atoms with Crippen molar-refractivity contribution in [1.29, 1.82) is 0 Å². The summed E-state index contributed by atoms with van der Waals surface area (Å²) in [5, 5.41) is 3.11. The molecule has 2 saturated heterocycles. The number of halogens is 1. The quantitative estimate of drug-likeness (QED) is 0.833. The molecule has 1 N–H and O–H groups in total. The number of likely N-dealkylation sites (tertiary alicyclic amines) is 1. The van der Waals surface area contributed by atoms with Crippen LogP contribution in [0.25, 0.3) is 0 Å². The van der Waals surface area contributed by atoms with Gasteiger partial charge in [0.25, 0.3) is 5.91 Å². The molecule has 3 aliphatic heterocycles. The number of nitrogens with one attached hydrogen (secondary N) is 1. The zero-order chi connectivity index (χ0) is 16.5. The first-order valence-corrected chi connectivity index (χ1v) is 9.53. The molecule has 0 radical (unpaired) electrons. The number of thiophene rings is 1.